The van der Waals surface area contributed by atoms with Gasteiger partial charge in [0.1, 0.15) is 18.5 Å². The first-order valence-electron chi connectivity index (χ1n) is 10.6. The van der Waals surface area contributed by atoms with Gasteiger partial charge in [0.2, 0.25) is 0 Å². The number of halogens is 2. The Kier molecular flexibility index (Phi) is 7.35. The molecule has 2 aromatic carbocycles. The Morgan fingerprint density at radius 2 is 2.06 bits per heavy atom. The Bertz CT molecular complexity index is 1110. The SMILES string of the molecule is CN(C)CCSN1CN2C(=N1)[C@H](CCC(=O)O)N=C(c1ccccc1F)c1cc(Br)ccc12. The van der Waals surface area contributed by atoms with Crippen LogP contribution in [-0.2, 0) is 4.79 Å². The van der Waals surface area contributed by atoms with Gasteiger partial charge in [-0.1, -0.05) is 28.1 Å². The minimum absolute atomic E-state index is 0.0562. The van der Waals surface area contributed by atoms with Crippen molar-refractivity contribution < 1.29 is 14.3 Å². The highest BCUT2D eigenvalue weighted by atomic mass is 79.9. The zero-order valence-electron chi connectivity index (χ0n) is 18.4. The molecule has 0 saturated carbocycles. The second-order valence-electron chi connectivity index (χ2n) is 8.08. The molecule has 0 aromatic heterocycles. The Hall–Kier alpha value is -2.43. The number of anilines is 1. The maximum absolute atomic E-state index is 14.9. The summed E-state index contributed by atoms with van der Waals surface area (Å²) in [5.74, 6) is 0.283. The highest BCUT2D eigenvalue weighted by Crippen LogP contribution is 2.36. The molecule has 2 heterocycles. The molecule has 0 spiro atoms. The summed E-state index contributed by atoms with van der Waals surface area (Å²) in [5, 5.41) is 14.1. The van der Waals surface area contributed by atoms with Crippen molar-refractivity contribution in [2.24, 2.45) is 10.1 Å². The van der Waals surface area contributed by atoms with Gasteiger partial charge in [-0.3, -0.25) is 9.79 Å². The number of benzene rings is 2. The molecule has 10 heteroatoms. The zero-order chi connectivity index (χ0) is 23.5. The van der Waals surface area contributed by atoms with Gasteiger partial charge < -0.3 is 14.9 Å². The van der Waals surface area contributed by atoms with Gasteiger partial charge in [0.05, 0.1) is 11.4 Å². The number of hydrogen-bond acceptors (Lipinski definition) is 7. The van der Waals surface area contributed by atoms with Crippen LogP contribution < -0.4 is 4.90 Å². The Morgan fingerprint density at radius 3 is 2.79 bits per heavy atom. The molecule has 1 N–H and O–H groups in total. The summed E-state index contributed by atoms with van der Waals surface area (Å²) < 4.78 is 17.6. The number of aliphatic imine (C=N–C) groups is 1. The molecule has 0 saturated heterocycles. The summed E-state index contributed by atoms with van der Waals surface area (Å²) in [5.41, 5.74) is 2.53. The van der Waals surface area contributed by atoms with Crippen LogP contribution in [0.2, 0.25) is 0 Å². The number of amidine groups is 1. The van der Waals surface area contributed by atoms with E-state index in [0.29, 0.717) is 23.8 Å². The second kappa shape index (κ2) is 10.2. The number of carbonyl (C=O) groups is 1. The van der Waals surface area contributed by atoms with Crippen LogP contribution in [0, 0.1) is 5.82 Å². The van der Waals surface area contributed by atoms with Crippen LogP contribution >= 0.6 is 27.9 Å². The van der Waals surface area contributed by atoms with Gasteiger partial charge in [0.25, 0.3) is 0 Å². The maximum atomic E-state index is 14.9. The molecule has 1 atom stereocenters. The molecule has 2 aromatic rings. The monoisotopic (exact) mass is 533 g/mol. The number of hydrogen-bond donors (Lipinski definition) is 1. The fraction of sp³-hybridized carbons (Fsp3) is 0.348. The number of aliphatic carboxylic acids is 1. The van der Waals surface area contributed by atoms with E-state index in [1.54, 1.807) is 30.1 Å². The van der Waals surface area contributed by atoms with Gasteiger partial charge in [-0.25, -0.2) is 8.80 Å². The van der Waals surface area contributed by atoms with Crippen molar-refractivity contribution in [3.05, 3.63) is 63.9 Å². The van der Waals surface area contributed by atoms with Crippen LogP contribution in [0.15, 0.2) is 57.0 Å². The van der Waals surface area contributed by atoms with Crippen molar-refractivity contribution in [3.8, 4) is 0 Å². The fourth-order valence-corrected chi connectivity index (χ4v) is 5.13. The molecular weight excluding hydrogens is 509 g/mol. The topological polar surface area (TPSA) is 71.7 Å². The number of carboxylic acids is 1. The van der Waals surface area contributed by atoms with Crippen molar-refractivity contribution in [2.75, 3.05) is 38.0 Å². The quantitative estimate of drug-likeness (QED) is 0.510. The molecule has 4 rings (SSSR count). The number of nitrogens with zero attached hydrogens (tertiary/aromatic N) is 5. The lowest BCUT2D eigenvalue weighted by Gasteiger charge is -2.23. The molecule has 0 fully saturated rings. The first kappa shape index (κ1) is 23.7. The molecule has 174 valence electrons. The van der Waals surface area contributed by atoms with Crippen LogP contribution in [0.25, 0.3) is 0 Å². The lowest BCUT2D eigenvalue weighted by atomic mass is 9.99. The lowest BCUT2D eigenvalue weighted by molar-refractivity contribution is -0.137. The van der Waals surface area contributed by atoms with Gasteiger partial charge in [-0.05, 0) is 62.8 Å². The predicted molar refractivity (Wildman–Crippen MR) is 134 cm³/mol. The maximum Gasteiger partial charge on any atom is 0.303 e. The summed E-state index contributed by atoms with van der Waals surface area (Å²) >= 11 is 5.15. The Morgan fingerprint density at radius 1 is 1.27 bits per heavy atom. The summed E-state index contributed by atoms with van der Waals surface area (Å²) in [6, 6.07) is 11.9. The van der Waals surface area contributed by atoms with E-state index in [-0.39, 0.29) is 18.7 Å². The minimum Gasteiger partial charge on any atom is -0.481 e. The van der Waals surface area contributed by atoms with Crippen molar-refractivity contribution in [3.63, 3.8) is 0 Å². The van der Waals surface area contributed by atoms with Crippen LogP contribution in [0.4, 0.5) is 10.1 Å². The number of hydrazone groups is 1. The van der Waals surface area contributed by atoms with Crippen LogP contribution in [-0.4, -0.2) is 71.0 Å². The van der Waals surface area contributed by atoms with Crippen molar-refractivity contribution in [1.82, 2.24) is 9.31 Å². The molecule has 0 unspecified atom stereocenters. The highest BCUT2D eigenvalue weighted by Gasteiger charge is 2.36. The molecule has 33 heavy (non-hydrogen) atoms. The molecular formula is C23H25BrFN5O2S. The van der Waals surface area contributed by atoms with E-state index in [2.05, 4.69) is 25.7 Å². The summed E-state index contributed by atoms with van der Waals surface area (Å²) in [4.78, 5) is 20.5. The van der Waals surface area contributed by atoms with Crippen molar-refractivity contribution in [1.29, 1.82) is 0 Å². The second-order valence-corrected chi connectivity index (χ2v) is 10.1. The minimum atomic E-state index is -0.899. The Labute approximate surface area is 205 Å². The van der Waals surface area contributed by atoms with E-state index in [1.807, 2.05) is 36.7 Å². The molecule has 2 aliphatic heterocycles. The first-order chi connectivity index (χ1) is 15.8. The molecule has 7 nitrogen and oxygen atoms in total. The summed E-state index contributed by atoms with van der Waals surface area (Å²) in [6.45, 7) is 1.42. The molecule has 0 amide bonds. The number of rotatable bonds is 8. The van der Waals surface area contributed by atoms with Crippen molar-refractivity contribution >= 4 is 51.1 Å². The summed E-state index contributed by atoms with van der Waals surface area (Å²) in [7, 11) is 4.05. The van der Waals surface area contributed by atoms with Gasteiger partial charge in [0, 0.05) is 34.3 Å². The predicted octanol–water partition coefficient (Wildman–Crippen LogP) is 4.28. The number of fused-ring (bicyclic) bond motifs is 3. The third-order valence-electron chi connectivity index (χ3n) is 5.38. The fourth-order valence-electron chi connectivity index (χ4n) is 3.78. The molecule has 0 bridgehead atoms. The highest BCUT2D eigenvalue weighted by molar-refractivity contribution is 9.10. The van der Waals surface area contributed by atoms with E-state index in [1.165, 1.54) is 6.07 Å². The van der Waals surface area contributed by atoms with Gasteiger partial charge in [0.15, 0.2) is 5.84 Å². The largest absolute Gasteiger partial charge is 0.481 e. The van der Waals surface area contributed by atoms with E-state index in [4.69, 9.17) is 10.1 Å². The normalized spacial score (nSPS) is 17.4. The Balaban J connectivity index is 1.80. The van der Waals surface area contributed by atoms with Crippen LogP contribution in [0.5, 0.6) is 0 Å². The van der Waals surface area contributed by atoms with E-state index in [9.17, 15) is 14.3 Å². The van der Waals surface area contributed by atoms with Crippen LogP contribution in [0.1, 0.15) is 24.0 Å². The molecule has 0 aliphatic carbocycles. The summed E-state index contributed by atoms with van der Waals surface area (Å²) in [6.07, 6.45) is 0.216. The first-order valence-corrected chi connectivity index (χ1v) is 12.3. The average Bonchev–Trinajstić information content (AvgIpc) is 3.13. The van der Waals surface area contributed by atoms with Gasteiger partial charge in [-0.15, -0.1) is 5.10 Å². The number of carboxylic acid groups (broad SMARTS) is 1. The van der Waals surface area contributed by atoms with E-state index >= 15 is 0 Å². The van der Waals surface area contributed by atoms with Crippen molar-refractivity contribution in [2.45, 2.75) is 18.9 Å². The lowest BCUT2D eigenvalue weighted by Crippen LogP contribution is -2.36. The van der Waals surface area contributed by atoms with Gasteiger partial charge >= 0.3 is 5.97 Å². The van der Waals surface area contributed by atoms with Crippen LogP contribution in [0.3, 0.4) is 0 Å². The third kappa shape index (κ3) is 5.39. The zero-order valence-corrected chi connectivity index (χ0v) is 20.8. The van der Waals surface area contributed by atoms with E-state index in [0.717, 1.165) is 28.0 Å². The van der Waals surface area contributed by atoms with Gasteiger partial charge in [-0.2, -0.15) is 0 Å². The smallest absolute Gasteiger partial charge is 0.303 e. The van der Waals surface area contributed by atoms with E-state index < -0.39 is 12.0 Å². The third-order valence-corrected chi connectivity index (χ3v) is 6.73. The molecule has 2 aliphatic rings. The average molecular weight is 534 g/mol. The standard InChI is InChI=1S/C23H25BrFN5O2S/c1-28(2)11-12-33-30-14-29-20-9-7-15(24)13-17(20)22(16-5-3-4-6-18(16)25)26-19(23(29)27-30)8-10-21(31)32/h3-7,9,13,19H,8,10-12,14H2,1-2H3,(H,31,32)/t19-/m0/s1. The molecule has 0 radical (unpaired) electrons.